The Morgan fingerprint density at radius 2 is 2.47 bits per heavy atom. The van der Waals surface area contributed by atoms with Crippen LogP contribution >= 0.6 is 11.3 Å². The van der Waals surface area contributed by atoms with Crippen LogP contribution in [0.1, 0.15) is 25.7 Å². The minimum atomic E-state index is -0.531. The van der Waals surface area contributed by atoms with E-state index in [1.165, 1.54) is 11.3 Å². The van der Waals surface area contributed by atoms with E-state index in [1.54, 1.807) is 13.8 Å². The molecule has 17 heavy (non-hydrogen) atoms. The third kappa shape index (κ3) is 2.52. The Bertz CT molecular complexity index is 493. The van der Waals surface area contributed by atoms with E-state index in [0.29, 0.717) is 12.4 Å². The van der Waals surface area contributed by atoms with Crippen molar-refractivity contribution in [3.8, 4) is 10.7 Å². The highest BCUT2D eigenvalue weighted by Gasteiger charge is 2.23. The number of rotatable bonds is 4. The highest BCUT2D eigenvalue weighted by Crippen LogP contribution is 2.24. The second kappa shape index (κ2) is 5.09. The van der Waals surface area contributed by atoms with E-state index in [2.05, 4.69) is 10.1 Å². The van der Waals surface area contributed by atoms with Crippen molar-refractivity contribution in [3.05, 3.63) is 23.4 Å². The molecule has 2 aromatic rings. The Hall–Kier alpha value is -1.69. The molecule has 0 bridgehead atoms. The summed E-state index contributed by atoms with van der Waals surface area (Å²) < 4.78 is 9.96. The van der Waals surface area contributed by atoms with Crippen LogP contribution in [0, 0.1) is 0 Å². The highest BCUT2D eigenvalue weighted by molar-refractivity contribution is 7.13. The second-order valence-corrected chi connectivity index (χ2v) is 4.35. The third-order valence-corrected chi connectivity index (χ3v) is 3.06. The van der Waals surface area contributed by atoms with Crippen molar-refractivity contribution in [1.29, 1.82) is 0 Å². The number of nitrogens with zero attached hydrogens (tertiary/aromatic N) is 2. The van der Waals surface area contributed by atoms with Gasteiger partial charge in [0.25, 0.3) is 0 Å². The van der Waals surface area contributed by atoms with Crippen LogP contribution in [0.25, 0.3) is 10.7 Å². The van der Waals surface area contributed by atoms with E-state index in [4.69, 9.17) is 9.26 Å². The molecule has 0 aliphatic carbocycles. The van der Waals surface area contributed by atoms with Crippen LogP contribution in [-0.2, 0) is 9.53 Å². The lowest BCUT2D eigenvalue weighted by Crippen LogP contribution is -2.13. The molecule has 0 N–H and O–H groups in total. The van der Waals surface area contributed by atoms with Gasteiger partial charge in [0.1, 0.15) is 5.92 Å². The van der Waals surface area contributed by atoms with Crippen LogP contribution in [0.4, 0.5) is 0 Å². The molecule has 5 nitrogen and oxygen atoms in total. The van der Waals surface area contributed by atoms with Gasteiger partial charge in [-0.15, -0.1) is 11.3 Å². The largest absolute Gasteiger partial charge is 0.465 e. The maximum Gasteiger partial charge on any atom is 0.318 e. The first-order valence-electron chi connectivity index (χ1n) is 5.26. The maximum atomic E-state index is 11.5. The summed E-state index contributed by atoms with van der Waals surface area (Å²) in [5, 5.41) is 5.77. The minimum absolute atomic E-state index is 0.284. The molecule has 0 saturated carbocycles. The Morgan fingerprint density at radius 3 is 3.12 bits per heavy atom. The summed E-state index contributed by atoms with van der Waals surface area (Å²) >= 11 is 1.52. The van der Waals surface area contributed by atoms with Crippen molar-refractivity contribution in [2.45, 2.75) is 19.8 Å². The van der Waals surface area contributed by atoms with E-state index in [0.717, 1.165) is 4.88 Å². The average Bonchev–Trinajstić information content (AvgIpc) is 2.98. The second-order valence-electron chi connectivity index (χ2n) is 3.41. The van der Waals surface area contributed by atoms with Crippen LogP contribution in [0.3, 0.4) is 0 Å². The molecule has 2 aromatic heterocycles. The van der Waals surface area contributed by atoms with E-state index in [9.17, 15) is 4.79 Å². The number of ether oxygens (including phenoxy) is 1. The summed E-state index contributed by atoms with van der Waals surface area (Å²) in [5.41, 5.74) is 0. The fourth-order valence-electron chi connectivity index (χ4n) is 1.29. The first-order chi connectivity index (χ1) is 8.22. The van der Waals surface area contributed by atoms with Crippen LogP contribution in [0.5, 0.6) is 0 Å². The molecular weight excluding hydrogens is 240 g/mol. The molecule has 6 heteroatoms. The zero-order chi connectivity index (χ0) is 12.3. The minimum Gasteiger partial charge on any atom is -0.465 e. The van der Waals surface area contributed by atoms with Crippen LogP contribution < -0.4 is 0 Å². The highest BCUT2D eigenvalue weighted by atomic mass is 32.1. The van der Waals surface area contributed by atoms with Crippen molar-refractivity contribution in [3.63, 3.8) is 0 Å². The van der Waals surface area contributed by atoms with Gasteiger partial charge < -0.3 is 9.26 Å². The zero-order valence-electron chi connectivity index (χ0n) is 9.54. The predicted octanol–water partition coefficient (Wildman–Crippen LogP) is 2.46. The number of thiophene rings is 1. The zero-order valence-corrected chi connectivity index (χ0v) is 10.4. The monoisotopic (exact) mass is 252 g/mol. The van der Waals surface area contributed by atoms with Crippen molar-refractivity contribution < 1.29 is 14.1 Å². The maximum absolute atomic E-state index is 11.5. The van der Waals surface area contributed by atoms with Crippen LogP contribution in [-0.4, -0.2) is 22.7 Å². The number of carbonyl (C=O) groups excluding carboxylic acids is 1. The quantitative estimate of drug-likeness (QED) is 0.782. The molecule has 0 amide bonds. The van der Waals surface area contributed by atoms with Crippen molar-refractivity contribution >= 4 is 17.3 Å². The lowest BCUT2D eigenvalue weighted by molar-refractivity contribution is -0.145. The third-order valence-electron chi connectivity index (χ3n) is 2.19. The predicted molar refractivity (Wildman–Crippen MR) is 62.7 cm³/mol. The molecule has 1 atom stereocenters. The van der Waals surface area contributed by atoms with E-state index >= 15 is 0 Å². The molecule has 0 aliphatic heterocycles. The first kappa shape index (κ1) is 11.8. The van der Waals surface area contributed by atoms with Crippen molar-refractivity contribution in [2.75, 3.05) is 6.61 Å². The van der Waals surface area contributed by atoms with Gasteiger partial charge in [0.2, 0.25) is 11.7 Å². The molecular formula is C11H12N2O3S. The summed E-state index contributed by atoms with van der Waals surface area (Å²) in [4.78, 5) is 16.6. The average molecular weight is 252 g/mol. The van der Waals surface area contributed by atoms with Crippen molar-refractivity contribution in [1.82, 2.24) is 10.1 Å². The van der Waals surface area contributed by atoms with Gasteiger partial charge in [-0.3, -0.25) is 4.79 Å². The fourth-order valence-corrected chi connectivity index (χ4v) is 1.93. The summed E-state index contributed by atoms with van der Waals surface area (Å²) in [6, 6.07) is 3.80. The molecule has 2 heterocycles. The normalized spacial score (nSPS) is 12.4. The Kier molecular flexibility index (Phi) is 3.53. The first-order valence-corrected chi connectivity index (χ1v) is 6.14. The van der Waals surface area contributed by atoms with Gasteiger partial charge in [-0.05, 0) is 25.3 Å². The fraction of sp³-hybridized carbons (Fsp3) is 0.364. The molecule has 0 spiro atoms. The number of carbonyl (C=O) groups is 1. The molecule has 0 aromatic carbocycles. The van der Waals surface area contributed by atoms with E-state index in [-0.39, 0.29) is 11.9 Å². The molecule has 0 radical (unpaired) electrons. The van der Waals surface area contributed by atoms with Crippen LogP contribution in [0.2, 0.25) is 0 Å². The van der Waals surface area contributed by atoms with Crippen LogP contribution in [0.15, 0.2) is 22.0 Å². The summed E-state index contributed by atoms with van der Waals surface area (Å²) in [5.74, 6) is -0.0944. The van der Waals surface area contributed by atoms with Gasteiger partial charge >= 0.3 is 5.97 Å². The van der Waals surface area contributed by atoms with Gasteiger partial charge in [0.15, 0.2) is 0 Å². The Balaban J connectivity index is 2.16. The van der Waals surface area contributed by atoms with Gasteiger partial charge in [-0.1, -0.05) is 11.2 Å². The lowest BCUT2D eigenvalue weighted by atomic mass is 10.2. The topological polar surface area (TPSA) is 65.2 Å². The van der Waals surface area contributed by atoms with Gasteiger partial charge in [-0.25, -0.2) is 0 Å². The number of hydrogen-bond donors (Lipinski definition) is 0. The molecule has 0 fully saturated rings. The summed E-state index contributed by atoms with van der Waals surface area (Å²) in [7, 11) is 0. The summed E-state index contributed by atoms with van der Waals surface area (Å²) in [6.45, 7) is 3.79. The van der Waals surface area contributed by atoms with Crippen molar-refractivity contribution in [2.24, 2.45) is 0 Å². The smallest absolute Gasteiger partial charge is 0.318 e. The molecule has 1 unspecified atom stereocenters. The Morgan fingerprint density at radius 1 is 1.65 bits per heavy atom. The summed E-state index contributed by atoms with van der Waals surface area (Å²) in [6.07, 6.45) is 0. The number of aromatic nitrogens is 2. The van der Waals surface area contributed by atoms with Gasteiger partial charge in [0.05, 0.1) is 11.5 Å². The Labute approximate surface area is 102 Å². The molecule has 90 valence electrons. The van der Waals surface area contributed by atoms with Gasteiger partial charge in [-0.2, -0.15) is 4.98 Å². The SMILES string of the molecule is CCOC(=O)C(C)c1nc(-c2cccs2)no1. The molecule has 2 rings (SSSR count). The number of esters is 1. The molecule has 0 aliphatic rings. The number of hydrogen-bond acceptors (Lipinski definition) is 6. The molecule has 0 saturated heterocycles. The lowest BCUT2D eigenvalue weighted by Gasteiger charge is -2.04. The van der Waals surface area contributed by atoms with E-state index < -0.39 is 5.92 Å². The van der Waals surface area contributed by atoms with E-state index in [1.807, 2.05) is 17.5 Å². The van der Waals surface area contributed by atoms with Gasteiger partial charge in [0, 0.05) is 0 Å². The standard InChI is InChI=1S/C11H12N2O3S/c1-3-15-11(14)7(2)10-12-9(13-16-10)8-5-4-6-17-8/h4-7H,3H2,1-2H3.